The number of rotatable bonds is 3. The predicted octanol–water partition coefficient (Wildman–Crippen LogP) is 6.03. The summed E-state index contributed by atoms with van der Waals surface area (Å²) in [6, 6.07) is 24.0. The third kappa shape index (κ3) is 2.94. The molecule has 0 unspecified atom stereocenters. The zero-order valence-electron chi connectivity index (χ0n) is 13.4. The Bertz CT molecular complexity index is 1050. The van der Waals surface area contributed by atoms with Gasteiger partial charge in [-0.05, 0) is 69.6 Å². The maximum Gasteiger partial charge on any atom is 0.185 e. The van der Waals surface area contributed by atoms with Crippen LogP contribution in [-0.2, 0) is 0 Å². The van der Waals surface area contributed by atoms with E-state index in [4.69, 9.17) is 0 Å². The van der Waals surface area contributed by atoms with Gasteiger partial charge in [0.1, 0.15) is 5.82 Å². The molecule has 0 amide bonds. The number of allylic oxidation sites excluding steroid dienone is 1. The lowest BCUT2D eigenvalue weighted by Crippen LogP contribution is -1.94. The van der Waals surface area contributed by atoms with Gasteiger partial charge in [-0.3, -0.25) is 4.79 Å². The van der Waals surface area contributed by atoms with E-state index in [1.165, 1.54) is 24.3 Å². The van der Waals surface area contributed by atoms with Crippen molar-refractivity contribution in [2.75, 3.05) is 0 Å². The summed E-state index contributed by atoms with van der Waals surface area (Å²) >= 11 is 0. The van der Waals surface area contributed by atoms with E-state index in [0.717, 1.165) is 27.1 Å². The first kappa shape index (κ1) is 15.3. The lowest BCUT2D eigenvalue weighted by atomic mass is 9.96. The van der Waals surface area contributed by atoms with Crippen LogP contribution in [-0.4, -0.2) is 5.78 Å². The highest BCUT2D eigenvalue weighted by molar-refractivity contribution is 6.11. The van der Waals surface area contributed by atoms with Crippen LogP contribution in [0.5, 0.6) is 0 Å². The molecule has 120 valence electrons. The van der Waals surface area contributed by atoms with Crippen LogP contribution >= 0.6 is 0 Å². The summed E-state index contributed by atoms with van der Waals surface area (Å²) in [6.45, 7) is 0. The van der Waals surface area contributed by atoms with Gasteiger partial charge < -0.3 is 0 Å². The smallest absolute Gasteiger partial charge is 0.185 e. The number of hydrogen-bond acceptors (Lipinski definition) is 1. The Kier molecular flexibility index (Phi) is 3.87. The van der Waals surface area contributed by atoms with Crippen molar-refractivity contribution < 1.29 is 9.18 Å². The first-order valence-electron chi connectivity index (χ1n) is 8.11. The summed E-state index contributed by atoms with van der Waals surface area (Å²) < 4.78 is 13.0. The van der Waals surface area contributed by atoms with Crippen LogP contribution < -0.4 is 0 Å². The minimum absolute atomic E-state index is 0.142. The first-order chi connectivity index (χ1) is 12.2. The molecule has 0 heterocycles. The topological polar surface area (TPSA) is 17.1 Å². The summed E-state index contributed by atoms with van der Waals surface area (Å²) in [6.07, 6.45) is 3.41. The third-order valence-corrected chi connectivity index (χ3v) is 4.34. The van der Waals surface area contributed by atoms with E-state index < -0.39 is 0 Å². The fourth-order valence-corrected chi connectivity index (χ4v) is 3.10. The number of benzene rings is 4. The number of carbonyl (C=O) groups is 1. The minimum atomic E-state index is -0.347. The average Bonchev–Trinajstić information content (AvgIpc) is 2.65. The van der Waals surface area contributed by atoms with Gasteiger partial charge in [-0.1, -0.05) is 48.5 Å². The SMILES string of the molecule is O=C(C=Cc1c2ccccc2cc2ccccc12)c1ccc(F)cc1. The number of fused-ring (bicyclic) bond motifs is 2. The van der Waals surface area contributed by atoms with Gasteiger partial charge in [0.15, 0.2) is 5.78 Å². The van der Waals surface area contributed by atoms with Crippen LogP contribution in [0.4, 0.5) is 4.39 Å². The van der Waals surface area contributed by atoms with E-state index in [9.17, 15) is 9.18 Å². The lowest BCUT2D eigenvalue weighted by molar-refractivity contribution is 0.104. The highest BCUT2D eigenvalue weighted by Gasteiger charge is 2.06. The fraction of sp³-hybridized carbons (Fsp3) is 0. The Labute approximate surface area is 145 Å². The van der Waals surface area contributed by atoms with Crippen LogP contribution in [0, 0.1) is 5.82 Å². The van der Waals surface area contributed by atoms with Crippen LogP contribution in [0.2, 0.25) is 0 Å². The number of hydrogen-bond donors (Lipinski definition) is 0. The van der Waals surface area contributed by atoms with Gasteiger partial charge in [0.05, 0.1) is 0 Å². The van der Waals surface area contributed by atoms with Gasteiger partial charge in [-0.2, -0.15) is 0 Å². The molecule has 4 aromatic carbocycles. The molecule has 4 rings (SSSR count). The molecule has 0 spiro atoms. The van der Waals surface area contributed by atoms with Crippen molar-refractivity contribution in [3.8, 4) is 0 Å². The van der Waals surface area contributed by atoms with Gasteiger partial charge in [0, 0.05) is 5.56 Å². The monoisotopic (exact) mass is 326 g/mol. The van der Waals surface area contributed by atoms with Crippen LogP contribution in [0.3, 0.4) is 0 Å². The first-order valence-corrected chi connectivity index (χ1v) is 8.11. The molecule has 0 N–H and O–H groups in total. The molecular weight excluding hydrogens is 311 g/mol. The Balaban J connectivity index is 1.84. The summed E-state index contributed by atoms with van der Waals surface area (Å²) in [7, 11) is 0. The standard InChI is InChI=1S/C23H15FO/c24-19-11-9-16(10-12-19)23(25)14-13-22-20-7-3-1-5-17(20)15-18-6-2-4-8-21(18)22/h1-15H. The predicted molar refractivity (Wildman–Crippen MR) is 101 cm³/mol. The largest absolute Gasteiger partial charge is 0.289 e. The molecule has 4 aromatic rings. The fourth-order valence-electron chi connectivity index (χ4n) is 3.10. The van der Waals surface area contributed by atoms with E-state index in [0.29, 0.717) is 5.56 Å². The molecule has 0 aliphatic carbocycles. The zero-order valence-corrected chi connectivity index (χ0v) is 13.4. The van der Waals surface area contributed by atoms with Gasteiger partial charge in [-0.15, -0.1) is 0 Å². The summed E-state index contributed by atoms with van der Waals surface area (Å²) in [5.41, 5.74) is 1.49. The van der Waals surface area contributed by atoms with Crippen molar-refractivity contribution in [3.05, 3.63) is 102 Å². The van der Waals surface area contributed by atoms with Gasteiger partial charge in [-0.25, -0.2) is 4.39 Å². The van der Waals surface area contributed by atoms with Crippen molar-refractivity contribution >= 4 is 33.4 Å². The second-order valence-corrected chi connectivity index (χ2v) is 5.94. The molecule has 0 bridgehead atoms. The average molecular weight is 326 g/mol. The van der Waals surface area contributed by atoms with E-state index in [1.807, 2.05) is 30.3 Å². The van der Waals surface area contributed by atoms with Crippen molar-refractivity contribution in [2.45, 2.75) is 0 Å². The Morgan fingerprint density at radius 2 is 1.32 bits per heavy atom. The molecule has 0 atom stereocenters. The molecule has 1 nitrogen and oxygen atoms in total. The lowest BCUT2D eigenvalue weighted by Gasteiger charge is -2.08. The maximum atomic E-state index is 13.0. The van der Waals surface area contributed by atoms with Crippen LogP contribution in [0.25, 0.3) is 27.6 Å². The number of carbonyl (C=O) groups excluding carboxylic acids is 1. The van der Waals surface area contributed by atoms with Crippen molar-refractivity contribution in [2.24, 2.45) is 0 Å². The quantitative estimate of drug-likeness (QED) is 0.255. The molecule has 2 heteroatoms. The molecule has 0 saturated carbocycles. The summed E-state index contributed by atoms with van der Waals surface area (Å²) in [5, 5.41) is 4.47. The highest BCUT2D eigenvalue weighted by atomic mass is 19.1. The minimum Gasteiger partial charge on any atom is -0.289 e. The van der Waals surface area contributed by atoms with Crippen molar-refractivity contribution in [1.29, 1.82) is 0 Å². The van der Waals surface area contributed by atoms with Crippen LogP contribution in [0.1, 0.15) is 15.9 Å². The summed E-state index contributed by atoms with van der Waals surface area (Å²) in [5.74, 6) is -0.488. The molecule has 0 radical (unpaired) electrons. The molecule has 0 saturated heterocycles. The Hall–Kier alpha value is -3.26. The third-order valence-electron chi connectivity index (χ3n) is 4.34. The van der Waals surface area contributed by atoms with E-state index >= 15 is 0 Å². The molecule has 0 aromatic heterocycles. The Morgan fingerprint density at radius 3 is 1.92 bits per heavy atom. The molecule has 0 fully saturated rings. The number of halogens is 1. The van der Waals surface area contributed by atoms with Crippen molar-refractivity contribution in [3.63, 3.8) is 0 Å². The normalized spacial score (nSPS) is 11.4. The highest BCUT2D eigenvalue weighted by Crippen LogP contribution is 2.29. The van der Waals surface area contributed by atoms with Gasteiger partial charge in [0.25, 0.3) is 0 Å². The van der Waals surface area contributed by atoms with Gasteiger partial charge >= 0.3 is 0 Å². The molecule has 0 aliphatic rings. The van der Waals surface area contributed by atoms with Gasteiger partial charge in [0.2, 0.25) is 0 Å². The van der Waals surface area contributed by atoms with E-state index in [-0.39, 0.29) is 11.6 Å². The molecule has 0 aliphatic heterocycles. The summed E-state index contributed by atoms with van der Waals surface area (Å²) in [4.78, 5) is 12.4. The second kappa shape index (κ2) is 6.33. The second-order valence-electron chi connectivity index (χ2n) is 5.94. The molecule has 25 heavy (non-hydrogen) atoms. The molecular formula is C23H15FO. The number of ketones is 1. The van der Waals surface area contributed by atoms with E-state index in [1.54, 1.807) is 6.08 Å². The Morgan fingerprint density at radius 1 is 0.760 bits per heavy atom. The van der Waals surface area contributed by atoms with Crippen molar-refractivity contribution in [1.82, 2.24) is 0 Å². The zero-order chi connectivity index (χ0) is 17.2. The van der Waals surface area contributed by atoms with E-state index in [2.05, 4.69) is 30.3 Å². The maximum absolute atomic E-state index is 13.0. The van der Waals surface area contributed by atoms with Crippen LogP contribution in [0.15, 0.2) is 84.9 Å².